The van der Waals surface area contributed by atoms with Crippen molar-refractivity contribution < 1.29 is 9.18 Å². The molecule has 92 valence electrons. The molecule has 1 unspecified atom stereocenters. The molecule has 1 aromatic rings. The first kappa shape index (κ1) is 13.6. The van der Waals surface area contributed by atoms with E-state index in [9.17, 15) is 9.18 Å². The van der Waals surface area contributed by atoms with Gasteiger partial charge < -0.3 is 10.6 Å². The zero-order valence-corrected chi connectivity index (χ0v) is 10.6. The molecular weight excluding hydrogens is 239 g/mol. The highest BCUT2D eigenvalue weighted by atomic mass is 32.1. The standard InChI is InChI=1S/C12H15FN2OS/c1-3-15(12(16)8(2)11(14)17)10-6-4-9(13)5-7-10/h4-8H,3H2,1-2H3,(H2,14,17). The fraction of sp³-hybridized carbons (Fsp3) is 0.333. The largest absolute Gasteiger partial charge is 0.393 e. The van der Waals surface area contributed by atoms with Crippen molar-refractivity contribution in [3.8, 4) is 0 Å². The molecule has 0 bridgehead atoms. The lowest BCUT2D eigenvalue weighted by Gasteiger charge is -2.24. The fourth-order valence-electron chi connectivity index (χ4n) is 1.44. The van der Waals surface area contributed by atoms with Crippen LogP contribution in [0.2, 0.25) is 0 Å². The number of anilines is 1. The maximum Gasteiger partial charge on any atom is 0.236 e. The third kappa shape index (κ3) is 3.23. The number of amides is 1. The number of thiocarbonyl (C=S) groups is 1. The Kier molecular flexibility index (Phi) is 4.57. The Morgan fingerprint density at radius 1 is 1.47 bits per heavy atom. The summed E-state index contributed by atoms with van der Waals surface area (Å²) in [6, 6.07) is 5.75. The highest BCUT2D eigenvalue weighted by molar-refractivity contribution is 7.80. The van der Waals surface area contributed by atoms with E-state index in [1.54, 1.807) is 19.1 Å². The molecule has 0 aromatic heterocycles. The summed E-state index contributed by atoms with van der Waals surface area (Å²) in [7, 11) is 0. The average Bonchev–Trinajstić information content (AvgIpc) is 2.31. The Morgan fingerprint density at radius 2 is 2.00 bits per heavy atom. The highest BCUT2D eigenvalue weighted by Gasteiger charge is 2.22. The molecule has 17 heavy (non-hydrogen) atoms. The normalized spacial score (nSPS) is 11.9. The van der Waals surface area contributed by atoms with E-state index in [2.05, 4.69) is 0 Å². The van der Waals surface area contributed by atoms with Crippen LogP contribution in [0, 0.1) is 11.7 Å². The van der Waals surface area contributed by atoms with Crippen LogP contribution in [0.5, 0.6) is 0 Å². The molecule has 0 aliphatic carbocycles. The molecule has 0 fully saturated rings. The number of halogens is 1. The first-order valence-electron chi connectivity index (χ1n) is 5.33. The molecule has 0 saturated heterocycles. The lowest BCUT2D eigenvalue weighted by molar-refractivity contribution is -0.120. The minimum absolute atomic E-state index is 0.163. The summed E-state index contributed by atoms with van der Waals surface area (Å²) in [5.74, 6) is -1.03. The summed E-state index contributed by atoms with van der Waals surface area (Å²) < 4.78 is 12.8. The van der Waals surface area contributed by atoms with Crippen molar-refractivity contribution in [2.45, 2.75) is 13.8 Å². The second-order valence-corrected chi connectivity index (χ2v) is 4.15. The number of hydrogen-bond acceptors (Lipinski definition) is 2. The Balaban J connectivity index is 2.95. The molecule has 1 aromatic carbocycles. The van der Waals surface area contributed by atoms with Gasteiger partial charge in [-0.3, -0.25) is 4.79 Å². The highest BCUT2D eigenvalue weighted by Crippen LogP contribution is 2.17. The summed E-state index contributed by atoms with van der Waals surface area (Å²) in [4.78, 5) is 13.8. The van der Waals surface area contributed by atoms with Crippen LogP contribution in [0.15, 0.2) is 24.3 Å². The second-order valence-electron chi connectivity index (χ2n) is 3.68. The molecule has 2 N–H and O–H groups in total. The predicted molar refractivity (Wildman–Crippen MR) is 70.4 cm³/mol. The SMILES string of the molecule is CCN(C(=O)C(C)C(N)=S)c1ccc(F)cc1. The van der Waals surface area contributed by atoms with Crippen molar-refractivity contribution in [1.82, 2.24) is 0 Å². The quantitative estimate of drug-likeness (QED) is 0.837. The van der Waals surface area contributed by atoms with Crippen molar-refractivity contribution in [3.05, 3.63) is 30.1 Å². The third-order valence-corrected chi connectivity index (χ3v) is 2.87. The van der Waals surface area contributed by atoms with Gasteiger partial charge in [0.15, 0.2) is 0 Å². The number of nitrogens with zero attached hydrogens (tertiary/aromatic N) is 1. The van der Waals surface area contributed by atoms with E-state index >= 15 is 0 Å². The van der Waals surface area contributed by atoms with Gasteiger partial charge in [-0.1, -0.05) is 12.2 Å². The Hall–Kier alpha value is -1.49. The van der Waals surface area contributed by atoms with Crippen LogP contribution < -0.4 is 10.6 Å². The first-order valence-corrected chi connectivity index (χ1v) is 5.74. The monoisotopic (exact) mass is 254 g/mol. The number of hydrogen-bond donors (Lipinski definition) is 1. The van der Waals surface area contributed by atoms with Gasteiger partial charge in [0.05, 0.1) is 10.9 Å². The first-order chi connectivity index (χ1) is 7.97. The number of carbonyl (C=O) groups is 1. The zero-order chi connectivity index (χ0) is 13.0. The fourth-order valence-corrected chi connectivity index (χ4v) is 1.54. The van der Waals surface area contributed by atoms with Gasteiger partial charge in [0.25, 0.3) is 0 Å². The van der Waals surface area contributed by atoms with Gasteiger partial charge in [0, 0.05) is 12.2 Å². The molecule has 1 amide bonds. The molecule has 0 radical (unpaired) electrons. The van der Waals surface area contributed by atoms with E-state index in [0.717, 1.165) is 0 Å². The molecule has 3 nitrogen and oxygen atoms in total. The smallest absolute Gasteiger partial charge is 0.236 e. The molecular formula is C12H15FN2OS. The van der Waals surface area contributed by atoms with Crippen LogP contribution in [0.1, 0.15) is 13.8 Å². The van der Waals surface area contributed by atoms with Gasteiger partial charge in [0.1, 0.15) is 5.82 Å². The lowest BCUT2D eigenvalue weighted by Crippen LogP contribution is -2.39. The van der Waals surface area contributed by atoms with Crippen LogP contribution in [-0.4, -0.2) is 17.4 Å². The van der Waals surface area contributed by atoms with E-state index < -0.39 is 5.92 Å². The molecule has 0 aliphatic rings. The Labute approximate surface area is 105 Å². The van der Waals surface area contributed by atoms with Gasteiger partial charge in [-0.2, -0.15) is 0 Å². The lowest BCUT2D eigenvalue weighted by atomic mass is 10.1. The summed E-state index contributed by atoms with van der Waals surface area (Å²) in [5, 5.41) is 0. The van der Waals surface area contributed by atoms with E-state index in [-0.39, 0.29) is 16.7 Å². The van der Waals surface area contributed by atoms with Crippen LogP contribution >= 0.6 is 12.2 Å². The molecule has 1 rings (SSSR count). The topological polar surface area (TPSA) is 46.3 Å². The molecule has 0 heterocycles. The van der Waals surface area contributed by atoms with Gasteiger partial charge >= 0.3 is 0 Å². The van der Waals surface area contributed by atoms with Gasteiger partial charge in [-0.25, -0.2) is 4.39 Å². The minimum Gasteiger partial charge on any atom is -0.393 e. The molecule has 1 atom stereocenters. The Bertz CT molecular complexity index is 419. The molecule has 0 saturated carbocycles. The van der Waals surface area contributed by atoms with Gasteiger partial charge in [0.2, 0.25) is 5.91 Å². The van der Waals surface area contributed by atoms with Crippen molar-refractivity contribution in [2.24, 2.45) is 11.7 Å². The van der Waals surface area contributed by atoms with Crippen molar-refractivity contribution in [1.29, 1.82) is 0 Å². The van der Waals surface area contributed by atoms with Crippen LogP contribution in [0.25, 0.3) is 0 Å². The average molecular weight is 254 g/mol. The number of rotatable bonds is 4. The van der Waals surface area contributed by atoms with E-state index in [1.807, 2.05) is 6.92 Å². The van der Waals surface area contributed by atoms with Gasteiger partial charge in [-0.05, 0) is 38.1 Å². The molecule has 0 spiro atoms. The maximum absolute atomic E-state index is 12.8. The summed E-state index contributed by atoms with van der Waals surface area (Å²) >= 11 is 4.80. The van der Waals surface area contributed by atoms with Crippen LogP contribution in [0.3, 0.4) is 0 Å². The van der Waals surface area contributed by atoms with E-state index in [1.165, 1.54) is 17.0 Å². The number of carbonyl (C=O) groups excluding carboxylic acids is 1. The predicted octanol–water partition coefficient (Wildman–Crippen LogP) is 2.10. The van der Waals surface area contributed by atoms with Crippen molar-refractivity contribution >= 4 is 28.8 Å². The van der Waals surface area contributed by atoms with Crippen LogP contribution in [0.4, 0.5) is 10.1 Å². The summed E-state index contributed by atoms with van der Waals surface area (Å²) in [6.45, 7) is 3.99. The zero-order valence-electron chi connectivity index (χ0n) is 9.81. The summed E-state index contributed by atoms with van der Waals surface area (Å²) in [5.41, 5.74) is 6.10. The van der Waals surface area contributed by atoms with E-state index in [0.29, 0.717) is 12.2 Å². The molecule has 0 aliphatic heterocycles. The number of nitrogens with two attached hydrogens (primary N) is 1. The van der Waals surface area contributed by atoms with Crippen LogP contribution in [-0.2, 0) is 4.79 Å². The summed E-state index contributed by atoms with van der Waals surface area (Å²) in [6.07, 6.45) is 0. The second kappa shape index (κ2) is 5.72. The van der Waals surface area contributed by atoms with Crippen molar-refractivity contribution in [2.75, 3.05) is 11.4 Å². The molecule has 5 heteroatoms. The third-order valence-electron chi connectivity index (χ3n) is 2.52. The Morgan fingerprint density at radius 3 is 2.41 bits per heavy atom. The maximum atomic E-state index is 12.8. The van der Waals surface area contributed by atoms with E-state index in [4.69, 9.17) is 18.0 Å². The van der Waals surface area contributed by atoms with Gasteiger partial charge in [-0.15, -0.1) is 0 Å². The minimum atomic E-state index is -0.519. The number of benzene rings is 1. The van der Waals surface area contributed by atoms with Crippen molar-refractivity contribution in [3.63, 3.8) is 0 Å².